The minimum atomic E-state index is -0.429. The molecule has 3 heterocycles. The van der Waals surface area contributed by atoms with Gasteiger partial charge in [0.05, 0.1) is 10.7 Å². The third-order valence-electron chi connectivity index (χ3n) is 5.15. The van der Waals surface area contributed by atoms with Gasteiger partial charge in [-0.1, -0.05) is 46.8 Å². The molecule has 0 bridgehead atoms. The second kappa shape index (κ2) is 9.40. The van der Waals surface area contributed by atoms with Gasteiger partial charge >= 0.3 is 6.09 Å². The van der Waals surface area contributed by atoms with Crippen LogP contribution in [0, 0.1) is 13.8 Å². The van der Waals surface area contributed by atoms with Gasteiger partial charge in [-0.2, -0.15) is 0 Å². The van der Waals surface area contributed by atoms with Crippen LogP contribution in [-0.4, -0.2) is 35.5 Å². The summed E-state index contributed by atoms with van der Waals surface area (Å²) in [6, 6.07) is 10.1. The predicted octanol–water partition coefficient (Wildman–Crippen LogP) is 4.47. The number of carbonyl (C=O) groups is 1. The fourth-order valence-corrected chi connectivity index (χ4v) is 4.41. The number of carbonyl (C=O) groups excluding carboxylic acids is 1. The SMILES string of the molecule is Cc1nc(CCc2c(-c3ccccc3)noc2C)sc1OC(=O)NC1CCOCC1. The number of benzene rings is 1. The largest absolute Gasteiger partial charge is 0.413 e. The second-order valence-electron chi connectivity index (χ2n) is 7.33. The van der Waals surface area contributed by atoms with Crippen molar-refractivity contribution in [3.63, 3.8) is 0 Å². The Bertz CT molecular complexity index is 993. The minimum absolute atomic E-state index is 0.104. The molecule has 1 aliphatic heterocycles. The lowest BCUT2D eigenvalue weighted by Crippen LogP contribution is -2.40. The zero-order chi connectivity index (χ0) is 20.9. The summed E-state index contributed by atoms with van der Waals surface area (Å²) in [7, 11) is 0. The summed E-state index contributed by atoms with van der Waals surface area (Å²) in [5.74, 6) is 0.814. The summed E-state index contributed by atoms with van der Waals surface area (Å²) in [4.78, 5) is 16.8. The van der Waals surface area contributed by atoms with Crippen LogP contribution in [0.5, 0.6) is 5.06 Å². The molecule has 1 saturated heterocycles. The van der Waals surface area contributed by atoms with Crippen molar-refractivity contribution >= 4 is 17.4 Å². The molecule has 1 fully saturated rings. The van der Waals surface area contributed by atoms with Crippen molar-refractivity contribution in [3.8, 4) is 16.3 Å². The lowest BCUT2D eigenvalue weighted by atomic mass is 10.0. The Morgan fingerprint density at radius 2 is 1.97 bits per heavy atom. The van der Waals surface area contributed by atoms with E-state index in [1.54, 1.807) is 0 Å². The van der Waals surface area contributed by atoms with Gasteiger partial charge in [0, 0.05) is 36.8 Å². The third kappa shape index (κ3) is 4.88. The lowest BCUT2D eigenvalue weighted by Gasteiger charge is -2.22. The van der Waals surface area contributed by atoms with E-state index in [2.05, 4.69) is 15.5 Å². The fourth-order valence-electron chi connectivity index (χ4n) is 3.50. The molecule has 158 valence electrons. The molecule has 0 unspecified atom stereocenters. The quantitative estimate of drug-likeness (QED) is 0.625. The standard InChI is InChI=1S/C22H25N3O4S/c1-14-21(28-22(26)24-17-10-12-27-13-11-17)30-19(23-14)9-8-18-15(2)29-25-20(18)16-6-4-3-5-7-16/h3-7,17H,8-13H2,1-2H3,(H,24,26). The number of rotatable bonds is 6. The van der Waals surface area contributed by atoms with Crippen LogP contribution in [0.3, 0.4) is 0 Å². The molecule has 4 rings (SSSR count). The average molecular weight is 428 g/mol. The fraction of sp³-hybridized carbons (Fsp3) is 0.409. The van der Waals surface area contributed by atoms with E-state index >= 15 is 0 Å². The smallest absolute Gasteiger partial charge is 0.397 e. The maximum Gasteiger partial charge on any atom is 0.413 e. The van der Waals surface area contributed by atoms with E-state index in [0.29, 0.717) is 18.3 Å². The molecule has 0 spiro atoms. The molecule has 8 heteroatoms. The Balaban J connectivity index is 1.39. The monoisotopic (exact) mass is 427 g/mol. The van der Waals surface area contributed by atoms with Crippen molar-refractivity contribution in [1.29, 1.82) is 0 Å². The van der Waals surface area contributed by atoms with E-state index in [1.165, 1.54) is 11.3 Å². The number of ether oxygens (including phenoxy) is 2. The highest BCUT2D eigenvalue weighted by Gasteiger charge is 2.20. The van der Waals surface area contributed by atoms with E-state index in [-0.39, 0.29) is 6.04 Å². The van der Waals surface area contributed by atoms with Gasteiger partial charge < -0.3 is 19.3 Å². The Labute approximate surface area is 179 Å². The van der Waals surface area contributed by atoms with Gasteiger partial charge in [-0.05, 0) is 33.1 Å². The van der Waals surface area contributed by atoms with Gasteiger partial charge in [0.25, 0.3) is 0 Å². The number of nitrogens with one attached hydrogen (secondary N) is 1. The summed E-state index contributed by atoms with van der Waals surface area (Å²) in [5.41, 5.74) is 3.71. The molecule has 30 heavy (non-hydrogen) atoms. The summed E-state index contributed by atoms with van der Waals surface area (Å²) < 4.78 is 16.3. The average Bonchev–Trinajstić information content (AvgIpc) is 3.29. The van der Waals surface area contributed by atoms with Crippen molar-refractivity contribution in [2.45, 2.75) is 45.6 Å². The van der Waals surface area contributed by atoms with Gasteiger partial charge in [0.1, 0.15) is 11.5 Å². The Kier molecular flexibility index (Phi) is 6.44. The van der Waals surface area contributed by atoms with Gasteiger partial charge in [-0.25, -0.2) is 9.78 Å². The van der Waals surface area contributed by atoms with E-state index in [0.717, 1.165) is 59.0 Å². The first-order valence-electron chi connectivity index (χ1n) is 10.1. The zero-order valence-electron chi connectivity index (χ0n) is 17.1. The molecule has 0 aliphatic carbocycles. The van der Waals surface area contributed by atoms with Crippen LogP contribution in [0.25, 0.3) is 11.3 Å². The zero-order valence-corrected chi connectivity index (χ0v) is 18.0. The van der Waals surface area contributed by atoms with Crippen molar-refractivity contribution in [2.75, 3.05) is 13.2 Å². The predicted molar refractivity (Wildman–Crippen MR) is 114 cm³/mol. The maximum absolute atomic E-state index is 12.2. The first-order valence-corrected chi connectivity index (χ1v) is 10.9. The number of hydrogen-bond donors (Lipinski definition) is 1. The Morgan fingerprint density at radius 1 is 1.20 bits per heavy atom. The van der Waals surface area contributed by atoms with Crippen LogP contribution in [-0.2, 0) is 17.6 Å². The lowest BCUT2D eigenvalue weighted by molar-refractivity contribution is 0.0779. The van der Waals surface area contributed by atoms with E-state index in [9.17, 15) is 4.79 Å². The summed E-state index contributed by atoms with van der Waals surface area (Å²) >= 11 is 1.41. The molecular weight excluding hydrogens is 402 g/mol. The van der Waals surface area contributed by atoms with Gasteiger partial charge in [0.15, 0.2) is 0 Å². The molecule has 1 amide bonds. The van der Waals surface area contributed by atoms with Crippen LogP contribution in [0.15, 0.2) is 34.9 Å². The molecule has 0 atom stereocenters. The summed E-state index contributed by atoms with van der Waals surface area (Å²) in [6.45, 7) is 5.12. The molecule has 2 aromatic heterocycles. The molecule has 1 N–H and O–H groups in total. The molecule has 1 aliphatic rings. The first-order chi connectivity index (χ1) is 14.6. The van der Waals surface area contributed by atoms with Crippen LogP contribution in [0.1, 0.15) is 34.9 Å². The van der Waals surface area contributed by atoms with E-state index in [4.69, 9.17) is 14.0 Å². The normalized spacial score (nSPS) is 14.6. The van der Waals surface area contributed by atoms with Crippen LogP contribution in [0.4, 0.5) is 4.79 Å². The first kappa shape index (κ1) is 20.6. The van der Waals surface area contributed by atoms with E-state index < -0.39 is 6.09 Å². The highest BCUT2D eigenvalue weighted by atomic mass is 32.1. The third-order valence-corrected chi connectivity index (χ3v) is 6.24. The van der Waals surface area contributed by atoms with Gasteiger partial charge in [-0.3, -0.25) is 0 Å². The number of aromatic nitrogens is 2. The van der Waals surface area contributed by atoms with Crippen LogP contribution >= 0.6 is 11.3 Å². The van der Waals surface area contributed by atoms with Crippen LogP contribution < -0.4 is 10.1 Å². The molecule has 7 nitrogen and oxygen atoms in total. The minimum Gasteiger partial charge on any atom is -0.397 e. The molecular formula is C22H25N3O4S. The highest BCUT2D eigenvalue weighted by Crippen LogP contribution is 2.30. The summed E-state index contributed by atoms with van der Waals surface area (Å²) in [6.07, 6.45) is 2.66. The molecule has 0 radical (unpaired) electrons. The Morgan fingerprint density at radius 3 is 2.73 bits per heavy atom. The Hall–Kier alpha value is -2.71. The number of aryl methyl sites for hydroxylation is 3. The number of thiazole rings is 1. The van der Waals surface area contributed by atoms with Gasteiger partial charge in [-0.15, -0.1) is 0 Å². The second-order valence-corrected chi connectivity index (χ2v) is 8.38. The van der Waals surface area contributed by atoms with Gasteiger partial charge in [0.2, 0.25) is 5.06 Å². The molecule has 1 aromatic carbocycles. The topological polar surface area (TPSA) is 86.5 Å². The maximum atomic E-state index is 12.2. The van der Waals surface area contributed by atoms with Crippen molar-refractivity contribution in [2.24, 2.45) is 0 Å². The molecule has 3 aromatic rings. The number of amides is 1. The molecule has 0 saturated carbocycles. The number of nitrogens with zero attached hydrogens (tertiary/aromatic N) is 2. The highest BCUT2D eigenvalue weighted by molar-refractivity contribution is 7.13. The van der Waals surface area contributed by atoms with Crippen molar-refractivity contribution in [3.05, 3.63) is 52.4 Å². The van der Waals surface area contributed by atoms with E-state index in [1.807, 2.05) is 44.2 Å². The van der Waals surface area contributed by atoms with Crippen LogP contribution in [0.2, 0.25) is 0 Å². The summed E-state index contributed by atoms with van der Waals surface area (Å²) in [5, 5.41) is 8.60. The van der Waals surface area contributed by atoms with Crippen molar-refractivity contribution < 1.29 is 18.8 Å². The number of hydrogen-bond acceptors (Lipinski definition) is 7. The van der Waals surface area contributed by atoms with Crippen molar-refractivity contribution in [1.82, 2.24) is 15.5 Å².